The van der Waals surface area contributed by atoms with E-state index in [2.05, 4.69) is 29.6 Å². The van der Waals surface area contributed by atoms with Crippen LogP contribution in [-0.2, 0) is 28.5 Å². The van der Waals surface area contributed by atoms with Gasteiger partial charge >= 0.3 is 0 Å². The third kappa shape index (κ3) is 17.3. The second-order valence-electron chi connectivity index (χ2n) is 11.0. The van der Waals surface area contributed by atoms with Crippen LogP contribution in [0.4, 0.5) is 0 Å². The standard InChI is InChI=1S/C22H42O2.2C5H8O2/c1-4-5-6-7-18-8-10-19(11-9-18)20-12-14-21(15-13-20)22(16-23-2)17-24-3;2*1-5(3-6)4-7-2/h18-22H,4-17H2,1-3H3;2*3H,1,4H2,2H3. The van der Waals surface area contributed by atoms with Gasteiger partial charge in [-0.05, 0) is 62.2 Å². The van der Waals surface area contributed by atoms with Gasteiger partial charge in [0.25, 0.3) is 0 Å². The van der Waals surface area contributed by atoms with Crippen LogP contribution in [0.2, 0.25) is 0 Å². The Hall–Kier alpha value is -1.34. The van der Waals surface area contributed by atoms with Crippen molar-refractivity contribution in [3.63, 3.8) is 0 Å². The normalized spacial score (nSPS) is 22.9. The zero-order chi connectivity index (χ0) is 28.6. The Morgan fingerprint density at radius 3 is 1.50 bits per heavy atom. The first-order valence-electron chi connectivity index (χ1n) is 14.6. The summed E-state index contributed by atoms with van der Waals surface area (Å²) >= 11 is 0. The van der Waals surface area contributed by atoms with E-state index in [0.29, 0.717) is 42.9 Å². The summed E-state index contributed by atoms with van der Waals surface area (Å²) < 4.78 is 20.0. The highest BCUT2D eigenvalue weighted by Gasteiger charge is 2.33. The third-order valence-electron chi connectivity index (χ3n) is 8.01. The SMILES string of the molecule is C=C(C=O)COC.C=C(C=O)COC.CCCCCC1CCC(C2CCC(C(COC)COC)CC2)CC1. The van der Waals surface area contributed by atoms with Crippen LogP contribution in [0.5, 0.6) is 0 Å². The van der Waals surface area contributed by atoms with Crippen LogP contribution in [-0.4, -0.2) is 67.4 Å². The Morgan fingerprint density at radius 2 is 1.16 bits per heavy atom. The van der Waals surface area contributed by atoms with Crippen LogP contribution < -0.4 is 0 Å². The Morgan fingerprint density at radius 1 is 0.711 bits per heavy atom. The zero-order valence-corrected chi connectivity index (χ0v) is 25.2. The predicted molar refractivity (Wildman–Crippen MR) is 156 cm³/mol. The molecule has 2 saturated carbocycles. The van der Waals surface area contributed by atoms with Crippen molar-refractivity contribution in [1.82, 2.24) is 0 Å². The van der Waals surface area contributed by atoms with Crippen molar-refractivity contribution < 1.29 is 28.5 Å². The second-order valence-corrected chi connectivity index (χ2v) is 11.0. The summed E-state index contributed by atoms with van der Waals surface area (Å²) in [7, 11) is 6.70. The summed E-state index contributed by atoms with van der Waals surface area (Å²) in [4.78, 5) is 19.4. The monoisotopic (exact) mass is 538 g/mol. The molecule has 6 nitrogen and oxygen atoms in total. The molecule has 0 atom stereocenters. The van der Waals surface area contributed by atoms with Crippen LogP contribution in [0.3, 0.4) is 0 Å². The average Bonchev–Trinajstić information content (AvgIpc) is 2.94. The van der Waals surface area contributed by atoms with E-state index in [4.69, 9.17) is 9.47 Å². The molecule has 0 aromatic carbocycles. The maximum atomic E-state index is 9.72. The molecular weight excluding hydrogens is 480 g/mol. The minimum Gasteiger partial charge on any atom is -0.384 e. The number of hydrogen-bond donors (Lipinski definition) is 0. The highest BCUT2D eigenvalue weighted by molar-refractivity contribution is 5.72. The number of aldehydes is 2. The molecule has 222 valence electrons. The molecule has 0 N–H and O–H groups in total. The Balaban J connectivity index is 0.000000804. The molecule has 0 aromatic heterocycles. The predicted octanol–water partition coefficient (Wildman–Crippen LogP) is 6.86. The highest BCUT2D eigenvalue weighted by Crippen LogP contribution is 2.43. The lowest BCUT2D eigenvalue weighted by Crippen LogP contribution is -2.31. The summed E-state index contributed by atoms with van der Waals surface area (Å²) in [6.07, 6.45) is 18.9. The second kappa shape index (κ2) is 24.7. The number of rotatable bonds is 16. The highest BCUT2D eigenvalue weighted by atomic mass is 16.5. The van der Waals surface area contributed by atoms with E-state index < -0.39 is 0 Å². The molecule has 0 unspecified atom stereocenters. The van der Waals surface area contributed by atoms with Crippen molar-refractivity contribution >= 4 is 12.6 Å². The van der Waals surface area contributed by atoms with Crippen molar-refractivity contribution in [2.24, 2.45) is 29.6 Å². The van der Waals surface area contributed by atoms with Gasteiger partial charge in [-0.3, -0.25) is 9.59 Å². The summed E-state index contributed by atoms with van der Waals surface area (Å²) in [5.41, 5.74) is 0.949. The van der Waals surface area contributed by atoms with Gasteiger partial charge in [-0.1, -0.05) is 58.6 Å². The van der Waals surface area contributed by atoms with E-state index in [9.17, 15) is 9.59 Å². The number of methoxy groups -OCH3 is 4. The molecular formula is C32H58O6. The van der Waals surface area contributed by atoms with Gasteiger partial charge in [0.2, 0.25) is 0 Å². The van der Waals surface area contributed by atoms with Gasteiger partial charge in [-0.2, -0.15) is 0 Å². The summed E-state index contributed by atoms with van der Waals surface area (Å²) in [5, 5.41) is 0. The molecule has 0 heterocycles. The molecule has 38 heavy (non-hydrogen) atoms. The van der Waals surface area contributed by atoms with Gasteiger partial charge in [0, 0.05) is 45.5 Å². The first kappa shape index (κ1) is 36.7. The number of unbranched alkanes of at least 4 members (excludes halogenated alkanes) is 2. The number of carbonyl (C=O) groups is 2. The van der Waals surface area contributed by atoms with Crippen molar-refractivity contribution in [1.29, 1.82) is 0 Å². The first-order chi connectivity index (χ1) is 18.4. The van der Waals surface area contributed by atoms with Crippen LogP contribution in [0.25, 0.3) is 0 Å². The largest absolute Gasteiger partial charge is 0.384 e. The molecule has 0 aliphatic heterocycles. The maximum absolute atomic E-state index is 9.72. The topological polar surface area (TPSA) is 71.1 Å². The minimum absolute atomic E-state index is 0.337. The van der Waals surface area contributed by atoms with Crippen molar-refractivity contribution in [2.45, 2.75) is 84.0 Å². The molecule has 0 radical (unpaired) electrons. The Kier molecular flexibility index (Phi) is 23.8. The number of ether oxygens (including phenoxy) is 4. The molecule has 0 amide bonds. The lowest BCUT2D eigenvalue weighted by molar-refractivity contribution is -0.106. The smallest absolute Gasteiger partial charge is 0.147 e. The van der Waals surface area contributed by atoms with Gasteiger partial charge in [-0.25, -0.2) is 0 Å². The first-order valence-corrected chi connectivity index (χ1v) is 14.6. The van der Waals surface area contributed by atoms with E-state index in [1.807, 2.05) is 14.2 Å². The fraction of sp³-hybridized carbons (Fsp3) is 0.812. The molecule has 2 aliphatic carbocycles. The quantitative estimate of drug-likeness (QED) is 0.121. The zero-order valence-electron chi connectivity index (χ0n) is 25.2. The molecule has 2 fully saturated rings. The van der Waals surface area contributed by atoms with Gasteiger partial charge < -0.3 is 18.9 Å². The van der Waals surface area contributed by atoms with Crippen molar-refractivity contribution in [3.8, 4) is 0 Å². The van der Waals surface area contributed by atoms with Gasteiger partial charge in [0.05, 0.1) is 26.4 Å². The van der Waals surface area contributed by atoms with E-state index in [1.54, 1.807) is 0 Å². The molecule has 0 spiro atoms. The summed E-state index contributed by atoms with van der Waals surface area (Å²) in [6, 6.07) is 0. The van der Waals surface area contributed by atoms with E-state index in [0.717, 1.165) is 36.9 Å². The fourth-order valence-corrected chi connectivity index (χ4v) is 5.91. The van der Waals surface area contributed by atoms with Crippen molar-refractivity contribution in [2.75, 3.05) is 54.9 Å². The lowest BCUT2D eigenvalue weighted by atomic mass is 9.67. The number of hydrogen-bond acceptors (Lipinski definition) is 6. The summed E-state index contributed by atoms with van der Waals surface area (Å²) in [5.74, 6) is 4.54. The molecule has 2 aliphatic rings. The van der Waals surface area contributed by atoms with E-state index in [1.165, 1.54) is 91.3 Å². The molecule has 0 aromatic rings. The molecule has 6 heteroatoms. The van der Waals surface area contributed by atoms with Crippen LogP contribution in [0, 0.1) is 29.6 Å². The van der Waals surface area contributed by atoms with Crippen LogP contribution >= 0.6 is 0 Å². The van der Waals surface area contributed by atoms with E-state index in [-0.39, 0.29) is 0 Å². The molecule has 0 saturated heterocycles. The maximum Gasteiger partial charge on any atom is 0.147 e. The van der Waals surface area contributed by atoms with E-state index >= 15 is 0 Å². The Bertz CT molecular complexity index is 575. The lowest BCUT2D eigenvalue weighted by Gasteiger charge is -2.39. The Labute approximate surface area is 233 Å². The average molecular weight is 539 g/mol. The van der Waals surface area contributed by atoms with Crippen LogP contribution in [0.1, 0.15) is 84.0 Å². The molecule has 2 rings (SSSR count). The minimum atomic E-state index is 0.337. The van der Waals surface area contributed by atoms with Gasteiger partial charge in [0.1, 0.15) is 12.6 Å². The van der Waals surface area contributed by atoms with Gasteiger partial charge in [0.15, 0.2) is 0 Å². The van der Waals surface area contributed by atoms with Gasteiger partial charge in [-0.15, -0.1) is 0 Å². The molecule has 0 bridgehead atoms. The fourth-order valence-electron chi connectivity index (χ4n) is 5.91. The number of carbonyl (C=O) groups excluding carboxylic acids is 2. The van der Waals surface area contributed by atoms with Crippen LogP contribution in [0.15, 0.2) is 24.3 Å². The van der Waals surface area contributed by atoms with Crippen molar-refractivity contribution in [3.05, 3.63) is 24.3 Å². The summed E-state index contributed by atoms with van der Waals surface area (Å²) in [6.45, 7) is 11.5. The third-order valence-corrected chi connectivity index (χ3v) is 8.01.